The van der Waals surface area contributed by atoms with E-state index in [1.165, 1.54) is 12.1 Å². The first-order valence-corrected chi connectivity index (χ1v) is 11.7. The molecule has 5 rings (SSSR count). The fraction of sp³-hybridized carbons (Fsp3) is 0.0870. The lowest BCUT2D eigenvalue weighted by molar-refractivity contribution is 0.174. The minimum Gasteiger partial charge on any atom is -0.454 e. The SMILES string of the molecule is O=S(=O)(c1ccc(F)cc1)c1nc(-c2ccc(Cl)cc2)oc1NCc1ccc2c(c1)OCO2. The molecule has 1 aliphatic rings. The number of benzene rings is 3. The molecule has 1 aromatic heterocycles. The molecule has 33 heavy (non-hydrogen) atoms. The predicted molar refractivity (Wildman–Crippen MR) is 119 cm³/mol. The van der Waals surface area contributed by atoms with Crippen LogP contribution in [0.25, 0.3) is 11.5 Å². The Morgan fingerprint density at radius 2 is 1.70 bits per heavy atom. The molecule has 0 radical (unpaired) electrons. The van der Waals surface area contributed by atoms with Gasteiger partial charge in [-0.1, -0.05) is 17.7 Å². The number of hydrogen-bond donors (Lipinski definition) is 1. The average molecular weight is 487 g/mol. The number of nitrogens with zero attached hydrogens (tertiary/aromatic N) is 1. The van der Waals surface area contributed by atoms with Crippen LogP contribution < -0.4 is 14.8 Å². The van der Waals surface area contributed by atoms with Crippen molar-refractivity contribution in [2.24, 2.45) is 0 Å². The molecular weight excluding hydrogens is 471 g/mol. The molecule has 0 aliphatic carbocycles. The second-order valence-corrected chi connectivity index (χ2v) is 9.46. The van der Waals surface area contributed by atoms with Gasteiger partial charge in [0.05, 0.1) is 4.90 Å². The number of fused-ring (bicyclic) bond motifs is 1. The zero-order valence-electron chi connectivity index (χ0n) is 16.9. The summed E-state index contributed by atoms with van der Waals surface area (Å²) >= 11 is 5.95. The van der Waals surface area contributed by atoms with Gasteiger partial charge in [0, 0.05) is 17.1 Å². The first-order valence-electron chi connectivity index (χ1n) is 9.80. The highest BCUT2D eigenvalue weighted by Crippen LogP contribution is 2.35. The van der Waals surface area contributed by atoms with Gasteiger partial charge in [-0.05, 0) is 66.2 Å². The van der Waals surface area contributed by atoms with E-state index in [0.717, 1.165) is 17.7 Å². The number of aromatic nitrogens is 1. The first kappa shape index (κ1) is 21.3. The fourth-order valence-corrected chi connectivity index (χ4v) is 4.68. The lowest BCUT2D eigenvalue weighted by Crippen LogP contribution is -2.07. The van der Waals surface area contributed by atoms with Crippen molar-refractivity contribution in [3.05, 3.63) is 83.1 Å². The van der Waals surface area contributed by atoms with Crippen molar-refractivity contribution in [2.75, 3.05) is 12.1 Å². The second-order valence-electron chi connectivity index (χ2n) is 7.16. The molecule has 3 aromatic carbocycles. The summed E-state index contributed by atoms with van der Waals surface area (Å²) in [5, 5.41) is 3.22. The summed E-state index contributed by atoms with van der Waals surface area (Å²) in [6.45, 7) is 0.386. The van der Waals surface area contributed by atoms with Crippen LogP contribution in [0, 0.1) is 5.82 Å². The minimum atomic E-state index is -4.10. The van der Waals surface area contributed by atoms with Gasteiger partial charge in [-0.25, -0.2) is 12.8 Å². The number of rotatable bonds is 6. The maximum atomic E-state index is 13.3. The number of ether oxygens (including phenoxy) is 2. The third-order valence-electron chi connectivity index (χ3n) is 4.96. The van der Waals surface area contributed by atoms with Crippen molar-refractivity contribution < 1.29 is 26.7 Å². The first-order chi connectivity index (χ1) is 15.9. The smallest absolute Gasteiger partial charge is 0.234 e. The van der Waals surface area contributed by atoms with Crippen molar-refractivity contribution in [3.8, 4) is 23.0 Å². The van der Waals surface area contributed by atoms with Crippen LogP contribution in [0.4, 0.5) is 10.3 Å². The van der Waals surface area contributed by atoms with E-state index in [4.69, 9.17) is 25.5 Å². The van der Waals surface area contributed by atoms with Crippen LogP contribution >= 0.6 is 11.6 Å². The summed E-state index contributed by atoms with van der Waals surface area (Å²) in [4.78, 5) is 4.15. The summed E-state index contributed by atoms with van der Waals surface area (Å²) < 4.78 is 56.4. The molecule has 0 saturated heterocycles. The summed E-state index contributed by atoms with van der Waals surface area (Å²) in [6, 6.07) is 16.5. The molecule has 0 amide bonds. The van der Waals surface area contributed by atoms with E-state index in [1.807, 2.05) is 6.07 Å². The van der Waals surface area contributed by atoms with Crippen molar-refractivity contribution in [3.63, 3.8) is 0 Å². The second kappa shape index (κ2) is 8.42. The van der Waals surface area contributed by atoms with E-state index in [9.17, 15) is 12.8 Å². The number of nitrogens with one attached hydrogen (secondary N) is 1. The van der Waals surface area contributed by atoms with E-state index < -0.39 is 15.7 Å². The lowest BCUT2D eigenvalue weighted by Gasteiger charge is -2.07. The summed E-state index contributed by atoms with van der Waals surface area (Å²) in [5.74, 6) is 0.760. The van der Waals surface area contributed by atoms with Gasteiger partial charge < -0.3 is 19.2 Å². The molecule has 2 heterocycles. The molecule has 1 aliphatic heterocycles. The normalized spacial score (nSPS) is 12.7. The van der Waals surface area contributed by atoms with Gasteiger partial charge in [-0.15, -0.1) is 0 Å². The van der Waals surface area contributed by atoms with Crippen LogP contribution in [-0.2, 0) is 16.4 Å². The number of hydrogen-bond acceptors (Lipinski definition) is 7. The highest BCUT2D eigenvalue weighted by Gasteiger charge is 2.28. The molecule has 0 spiro atoms. The number of halogens is 2. The third kappa shape index (κ3) is 4.24. The van der Waals surface area contributed by atoms with Crippen molar-refractivity contribution >= 4 is 27.3 Å². The fourth-order valence-electron chi connectivity index (χ4n) is 3.27. The van der Waals surface area contributed by atoms with Gasteiger partial charge in [-0.2, -0.15) is 4.98 Å². The van der Waals surface area contributed by atoms with Crippen LogP contribution in [0.2, 0.25) is 5.02 Å². The van der Waals surface area contributed by atoms with Crippen molar-refractivity contribution in [1.29, 1.82) is 0 Å². The molecule has 7 nitrogen and oxygen atoms in total. The Morgan fingerprint density at radius 3 is 2.45 bits per heavy atom. The van der Waals surface area contributed by atoms with Crippen LogP contribution in [0.5, 0.6) is 11.5 Å². The zero-order chi connectivity index (χ0) is 23.0. The van der Waals surface area contributed by atoms with E-state index in [-0.39, 0.29) is 35.0 Å². The van der Waals surface area contributed by atoms with Gasteiger partial charge in [0.1, 0.15) is 5.82 Å². The van der Waals surface area contributed by atoms with Crippen LogP contribution in [-0.4, -0.2) is 20.2 Å². The molecule has 0 fully saturated rings. The van der Waals surface area contributed by atoms with Crippen LogP contribution in [0.15, 0.2) is 81.1 Å². The van der Waals surface area contributed by atoms with Gasteiger partial charge in [0.2, 0.25) is 33.4 Å². The quantitative estimate of drug-likeness (QED) is 0.369. The Morgan fingerprint density at radius 1 is 0.970 bits per heavy atom. The maximum absolute atomic E-state index is 13.3. The Labute approximate surface area is 193 Å². The Hall–Kier alpha value is -3.56. The Kier molecular flexibility index (Phi) is 5.43. The Bertz CT molecular complexity index is 1420. The highest BCUT2D eigenvalue weighted by atomic mass is 35.5. The standard InChI is InChI=1S/C23H16ClFN2O5S/c24-16-4-2-15(3-5-16)21-27-23(33(28,29)18-8-6-17(25)7-9-18)22(32-21)26-12-14-1-10-19-20(11-14)31-13-30-19/h1-11,26H,12-13H2. The van der Waals surface area contributed by atoms with E-state index in [0.29, 0.717) is 22.1 Å². The Balaban J connectivity index is 1.52. The number of anilines is 1. The zero-order valence-corrected chi connectivity index (χ0v) is 18.5. The largest absolute Gasteiger partial charge is 0.454 e. The molecule has 0 unspecified atom stereocenters. The van der Waals surface area contributed by atoms with Gasteiger partial charge in [0.15, 0.2) is 11.5 Å². The van der Waals surface area contributed by atoms with E-state index in [2.05, 4.69) is 10.3 Å². The average Bonchev–Trinajstić information content (AvgIpc) is 3.45. The summed E-state index contributed by atoms with van der Waals surface area (Å²) in [7, 11) is -4.10. The number of oxazole rings is 1. The third-order valence-corrected chi connectivity index (χ3v) is 6.89. The summed E-state index contributed by atoms with van der Waals surface area (Å²) in [6.07, 6.45) is 0. The highest BCUT2D eigenvalue weighted by molar-refractivity contribution is 7.91. The molecule has 1 N–H and O–H groups in total. The molecule has 4 aromatic rings. The van der Waals surface area contributed by atoms with Gasteiger partial charge in [-0.3, -0.25) is 0 Å². The summed E-state index contributed by atoms with van der Waals surface area (Å²) in [5.41, 5.74) is 1.36. The predicted octanol–water partition coefficient (Wildman–Crippen LogP) is 5.31. The topological polar surface area (TPSA) is 90.7 Å². The molecule has 0 bridgehead atoms. The van der Waals surface area contributed by atoms with E-state index in [1.54, 1.807) is 36.4 Å². The molecule has 0 saturated carbocycles. The van der Waals surface area contributed by atoms with Crippen LogP contribution in [0.1, 0.15) is 5.56 Å². The maximum Gasteiger partial charge on any atom is 0.234 e. The molecule has 0 atom stereocenters. The van der Waals surface area contributed by atoms with Crippen LogP contribution in [0.3, 0.4) is 0 Å². The van der Waals surface area contributed by atoms with Crippen molar-refractivity contribution in [2.45, 2.75) is 16.5 Å². The lowest BCUT2D eigenvalue weighted by atomic mass is 10.2. The van der Waals surface area contributed by atoms with E-state index >= 15 is 0 Å². The minimum absolute atomic E-state index is 0.0399. The molecule has 168 valence electrons. The van der Waals surface area contributed by atoms with Gasteiger partial charge in [0.25, 0.3) is 0 Å². The molecule has 10 heteroatoms. The number of sulfone groups is 1. The molecular formula is C23H16ClFN2O5S. The van der Waals surface area contributed by atoms with Gasteiger partial charge >= 0.3 is 0 Å². The monoisotopic (exact) mass is 486 g/mol. The van der Waals surface area contributed by atoms with Crippen molar-refractivity contribution in [1.82, 2.24) is 4.98 Å².